The molecule has 2 aromatic heterocycles. The first kappa shape index (κ1) is 24.7. The number of nitrogens with one attached hydrogen (secondary N) is 1. The fraction of sp³-hybridized carbons (Fsp3) is 0.233. The number of amides is 1. The molecule has 188 valence electrons. The van der Waals surface area contributed by atoms with E-state index in [1.54, 1.807) is 25.1 Å². The largest absolute Gasteiger partial charge is 0.473 e. The van der Waals surface area contributed by atoms with E-state index in [9.17, 15) is 9.59 Å². The SMILES string of the molecule is Cc1ccc2nc(NC(=O)C(C)Oc3c(-c4ccc(C(C)(C)C)cc4)oc4ccccc4c3=O)sc2c1. The molecule has 5 aromatic rings. The number of anilines is 1. The second kappa shape index (κ2) is 9.48. The number of aromatic nitrogens is 1. The molecule has 37 heavy (non-hydrogen) atoms. The Labute approximate surface area is 218 Å². The van der Waals surface area contributed by atoms with Gasteiger partial charge in [-0.2, -0.15) is 0 Å². The first-order valence-corrected chi connectivity index (χ1v) is 12.9. The van der Waals surface area contributed by atoms with Crippen molar-refractivity contribution < 1.29 is 13.9 Å². The molecule has 0 bridgehead atoms. The molecule has 3 aromatic carbocycles. The number of nitrogens with zero attached hydrogens (tertiary/aromatic N) is 1. The number of rotatable bonds is 5. The fourth-order valence-electron chi connectivity index (χ4n) is 4.07. The molecule has 0 aliphatic carbocycles. The van der Waals surface area contributed by atoms with Gasteiger partial charge in [0.05, 0.1) is 15.6 Å². The Morgan fingerprint density at radius 2 is 1.78 bits per heavy atom. The molecule has 0 aliphatic heterocycles. The van der Waals surface area contributed by atoms with E-state index < -0.39 is 12.0 Å². The lowest BCUT2D eigenvalue weighted by Crippen LogP contribution is -2.31. The Hall–Kier alpha value is -3.97. The maximum atomic E-state index is 13.5. The van der Waals surface area contributed by atoms with Gasteiger partial charge in [0.1, 0.15) is 5.58 Å². The minimum atomic E-state index is -0.967. The zero-order chi connectivity index (χ0) is 26.3. The van der Waals surface area contributed by atoms with Gasteiger partial charge in [-0.1, -0.05) is 74.6 Å². The molecule has 0 saturated heterocycles. The summed E-state index contributed by atoms with van der Waals surface area (Å²) in [6.45, 7) is 10.0. The summed E-state index contributed by atoms with van der Waals surface area (Å²) < 4.78 is 13.2. The average Bonchev–Trinajstić information content (AvgIpc) is 3.26. The van der Waals surface area contributed by atoms with E-state index in [2.05, 4.69) is 31.1 Å². The Morgan fingerprint density at radius 1 is 1.05 bits per heavy atom. The molecular weight excluding hydrogens is 484 g/mol. The Kier molecular flexibility index (Phi) is 6.33. The van der Waals surface area contributed by atoms with Crippen LogP contribution in [0.3, 0.4) is 0 Å². The van der Waals surface area contributed by atoms with E-state index >= 15 is 0 Å². The average molecular weight is 513 g/mol. The summed E-state index contributed by atoms with van der Waals surface area (Å²) in [6.07, 6.45) is -0.967. The smallest absolute Gasteiger partial charge is 0.266 e. The number of hydrogen-bond donors (Lipinski definition) is 1. The van der Waals surface area contributed by atoms with E-state index in [0.717, 1.165) is 21.3 Å². The lowest BCUT2D eigenvalue weighted by Gasteiger charge is -2.20. The van der Waals surface area contributed by atoms with Crippen molar-refractivity contribution in [3.05, 3.63) is 88.1 Å². The fourth-order valence-corrected chi connectivity index (χ4v) is 5.03. The van der Waals surface area contributed by atoms with Gasteiger partial charge in [0.15, 0.2) is 17.0 Å². The number of thiazole rings is 1. The van der Waals surface area contributed by atoms with Gasteiger partial charge in [-0.15, -0.1) is 0 Å². The third-order valence-electron chi connectivity index (χ3n) is 6.21. The van der Waals surface area contributed by atoms with Crippen LogP contribution < -0.4 is 15.5 Å². The summed E-state index contributed by atoms with van der Waals surface area (Å²) in [5.41, 5.74) is 3.89. The van der Waals surface area contributed by atoms with Gasteiger partial charge in [0.2, 0.25) is 11.2 Å². The molecule has 0 spiro atoms. The number of para-hydroxylation sites is 1. The first-order chi connectivity index (χ1) is 17.6. The maximum absolute atomic E-state index is 13.5. The van der Waals surface area contributed by atoms with Crippen molar-refractivity contribution in [3.63, 3.8) is 0 Å². The summed E-state index contributed by atoms with van der Waals surface area (Å²) in [7, 11) is 0. The highest BCUT2D eigenvalue weighted by molar-refractivity contribution is 7.22. The molecule has 2 heterocycles. The molecule has 1 atom stereocenters. The highest BCUT2D eigenvalue weighted by atomic mass is 32.1. The van der Waals surface area contributed by atoms with E-state index in [1.165, 1.54) is 11.3 Å². The summed E-state index contributed by atoms with van der Waals surface area (Å²) >= 11 is 1.39. The second-order valence-electron chi connectivity index (χ2n) is 10.2. The minimum Gasteiger partial charge on any atom is -0.473 e. The highest BCUT2D eigenvalue weighted by Gasteiger charge is 2.24. The molecule has 0 fully saturated rings. The Bertz CT molecular complexity index is 1680. The Balaban J connectivity index is 1.48. The third kappa shape index (κ3) is 5.00. The van der Waals surface area contributed by atoms with Gasteiger partial charge in [0.25, 0.3) is 5.91 Å². The van der Waals surface area contributed by atoms with E-state index in [1.807, 2.05) is 55.5 Å². The number of carbonyl (C=O) groups is 1. The van der Waals surface area contributed by atoms with Crippen molar-refractivity contribution in [2.24, 2.45) is 0 Å². The Morgan fingerprint density at radius 3 is 2.51 bits per heavy atom. The van der Waals surface area contributed by atoms with Crippen LogP contribution in [0.25, 0.3) is 32.5 Å². The van der Waals surface area contributed by atoms with Crippen molar-refractivity contribution in [1.29, 1.82) is 0 Å². The van der Waals surface area contributed by atoms with Crippen molar-refractivity contribution >= 4 is 43.6 Å². The van der Waals surface area contributed by atoms with Gasteiger partial charge in [-0.05, 0) is 54.7 Å². The van der Waals surface area contributed by atoms with E-state index in [-0.39, 0.29) is 16.6 Å². The number of carbonyl (C=O) groups excluding carboxylic acids is 1. The van der Waals surface area contributed by atoms with Crippen molar-refractivity contribution in [2.45, 2.75) is 46.1 Å². The lowest BCUT2D eigenvalue weighted by atomic mass is 9.86. The normalized spacial score (nSPS) is 12.6. The van der Waals surface area contributed by atoms with Gasteiger partial charge >= 0.3 is 0 Å². The van der Waals surface area contributed by atoms with Crippen LogP contribution in [0.5, 0.6) is 5.75 Å². The number of aryl methyl sites for hydroxylation is 1. The van der Waals surface area contributed by atoms with Crippen molar-refractivity contribution in [2.75, 3.05) is 5.32 Å². The molecular formula is C30H28N2O4S. The van der Waals surface area contributed by atoms with Crippen LogP contribution in [0.15, 0.2) is 75.9 Å². The molecule has 1 N–H and O–H groups in total. The quantitative estimate of drug-likeness (QED) is 0.272. The predicted octanol–water partition coefficient (Wildman–Crippen LogP) is 7.08. The summed E-state index contributed by atoms with van der Waals surface area (Å²) in [4.78, 5) is 31.0. The first-order valence-electron chi connectivity index (χ1n) is 12.1. The monoisotopic (exact) mass is 512 g/mol. The molecule has 5 rings (SSSR count). The van der Waals surface area contributed by atoms with E-state index in [4.69, 9.17) is 9.15 Å². The van der Waals surface area contributed by atoms with Gasteiger partial charge in [-0.25, -0.2) is 4.98 Å². The zero-order valence-electron chi connectivity index (χ0n) is 21.4. The van der Waals surface area contributed by atoms with Crippen LogP contribution in [-0.2, 0) is 10.2 Å². The second-order valence-corrected chi connectivity index (χ2v) is 11.2. The molecule has 1 unspecified atom stereocenters. The number of benzene rings is 3. The van der Waals surface area contributed by atoms with Crippen LogP contribution >= 0.6 is 11.3 Å². The molecule has 0 radical (unpaired) electrons. The van der Waals surface area contributed by atoms with Crippen LogP contribution in [-0.4, -0.2) is 17.0 Å². The molecule has 0 aliphatic rings. The molecule has 1 amide bonds. The summed E-state index contributed by atoms with van der Waals surface area (Å²) in [5, 5.41) is 3.69. The molecule has 7 heteroatoms. The maximum Gasteiger partial charge on any atom is 0.266 e. The van der Waals surface area contributed by atoms with E-state index in [0.29, 0.717) is 27.4 Å². The van der Waals surface area contributed by atoms with Crippen LogP contribution in [0.2, 0.25) is 0 Å². The number of ether oxygens (including phenoxy) is 1. The lowest BCUT2D eigenvalue weighted by molar-refractivity contribution is -0.122. The van der Waals surface area contributed by atoms with Crippen molar-refractivity contribution in [3.8, 4) is 17.1 Å². The van der Waals surface area contributed by atoms with Gasteiger partial charge < -0.3 is 9.15 Å². The predicted molar refractivity (Wildman–Crippen MR) is 150 cm³/mol. The van der Waals surface area contributed by atoms with Crippen molar-refractivity contribution in [1.82, 2.24) is 4.98 Å². The summed E-state index contributed by atoms with van der Waals surface area (Å²) in [6, 6.07) is 20.8. The van der Waals surface area contributed by atoms with Gasteiger partial charge in [0, 0.05) is 5.56 Å². The third-order valence-corrected chi connectivity index (χ3v) is 7.14. The number of hydrogen-bond acceptors (Lipinski definition) is 6. The van der Waals surface area contributed by atoms with Crippen LogP contribution in [0, 0.1) is 6.92 Å². The molecule has 0 saturated carbocycles. The molecule has 6 nitrogen and oxygen atoms in total. The standard InChI is InChI=1S/C30H28N2O4S/c1-17-10-15-22-24(16-17)37-29(31-22)32-28(34)18(2)35-27-25(33)21-8-6-7-9-23(21)36-26(27)19-11-13-20(14-12-19)30(3,4)5/h6-16,18H,1-5H3,(H,31,32,34). The van der Waals surface area contributed by atoms with Gasteiger partial charge in [-0.3, -0.25) is 14.9 Å². The topological polar surface area (TPSA) is 81.4 Å². The number of fused-ring (bicyclic) bond motifs is 2. The zero-order valence-corrected chi connectivity index (χ0v) is 22.2. The van der Waals surface area contributed by atoms with Crippen LogP contribution in [0.4, 0.5) is 5.13 Å². The highest BCUT2D eigenvalue weighted by Crippen LogP contribution is 2.33. The minimum absolute atomic E-state index is 0.00443. The van der Waals surface area contributed by atoms with Crippen LogP contribution in [0.1, 0.15) is 38.8 Å². The summed E-state index contributed by atoms with van der Waals surface area (Å²) in [5.74, 6) is -0.110.